The summed E-state index contributed by atoms with van der Waals surface area (Å²) < 4.78 is 2.54. The summed E-state index contributed by atoms with van der Waals surface area (Å²) in [4.78, 5) is 4.03. The second kappa shape index (κ2) is 5.38. The molecule has 20 heavy (non-hydrogen) atoms. The molecule has 100 valence electrons. The van der Waals surface area contributed by atoms with Gasteiger partial charge in [0.1, 0.15) is 0 Å². The van der Waals surface area contributed by atoms with Gasteiger partial charge >= 0.3 is 0 Å². The van der Waals surface area contributed by atoms with E-state index in [2.05, 4.69) is 34.2 Å². The number of H-pyrrole nitrogens is 1. The number of hydrogen-bond donors (Lipinski definition) is 1. The van der Waals surface area contributed by atoms with E-state index >= 15 is 0 Å². The molecule has 0 aliphatic carbocycles. The first kappa shape index (κ1) is 12.7. The van der Waals surface area contributed by atoms with E-state index in [4.69, 9.17) is 12.2 Å². The molecule has 1 aromatic carbocycles. The summed E-state index contributed by atoms with van der Waals surface area (Å²) in [5.41, 5.74) is 3.27. The fraction of sp³-hybridized carbons (Fsp3) is 0.133. The first-order valence-corrected chi connectivity index (χ1v) is 6.87. The van der Waals surface area contributed by atoms with E-state index < -0.39 is 0 Å². The topological polar surface area (TPSA) is 46.5 Å². The van der Waals surface area contributed by atoms with E-state index in [-0.39, 0.29) is 0 Å². The number of hydrogen-bond acceptors (Lipinski definition) is 3. The molecule has 1 N–H and O–H groups in total. The Morgan fingerprint density at radius 3 is 2.75 bits per heavy atom. The van der Waals surface area contributed by atoms with E-state index in [0.29, 0.717) is 4.77 Å². The maximum Gasteiger partial charge on any atom is 0.200 e. The van der Waals surface area contributed by atoms with Gasteiger partial charge in [-0.15, -0.1) is 0 Å². The van der Waals surface area contributed by atoms with Gasteiger partial charge in [-0.2, -0.15) is 5.10 Å². The van der Waals surface area contributed by atoms with Crippen LogP contribution in [0.4, 0.5) is 0 Å². The highest BCUT2D eigenvalue weighted by molar-refractivity contribution is 7.71. The van der Waals surface area contributed by atoms with Crippen molar-refractivity contribution in [2.24, 2.45) is 0 Å². The van der Waals surface area contributed by atoms with Gasteiger partial charge in [0.15, 0.2) is 10.6 Å². The van der Waals surface area contributed by atoms with Crippen LogP contribution in [0, 0.1) is 4.77 Å². The number of aryl methyl sites for hydroxylation is 1. The first-order valence-electron chi connectivity index (χ1n) is 6.46. The molecule has 2 heterocycles. The Bertz CT molecular complexity index is 774. The van der Waals surface area contributed by atoms with Crippen molar-refractivity contribution in [3.8, 4) is 17.1 Å². The first-order chi connectivity index (χ1) is 9.79. The minimum Gasteiger partial charge on any atom is -0.268 e. The fourth-order valence-electron chi connectivity index (χ4n) is 2.15. The van der Waals surface area contributed by atoms with Gasteiger partial charge in [0.25, 0.3) is 0 Å². The molecule has 0 spiro atoms. The molecule has 0 saturated carbocycles. The molecule has 0 fully saturated rings. The van der Waals surface area contributed by atoms with Gasteiger partial charge < -0.3 is 0 Å². The zero-order valence-electron chi connectivity index (χ0n) is 11.1. The van der Waals surface area contributed by atoms with Crippen LogP contribution in [-0.2, 0) is 6.42 Å². The molecule has 0 bridgehead atoms. The predicted molar refractivity (Wildman–Crippen MR) is 81.4 cm³/mol. The molecule has 5 heteroatoms. The molecular weight excluding hydrogens is 268 g/mol. The SMILES string of the molecule is CCc1cccc(-n2c(-c3ccncc3)n[nH]c2=S)c1. The van der Waals surface area contributed by atoms with Crippen LogP contribution in [0.2, 0.25) is 0 Å². The Morgan fingerprint density at radius 2 is 2.00 bits per heavy atom. The minimum atomic E-state index is 0.588. The molecule has 0 saturated heterocycles. The highest BCUT2D eigenvalue weighted by atomic mass is 32.1. The summed E-state index contributed by atoms with van der Waals surface area (Å²) in [6, 6.07) is 12.2. The van der Waals surface area contributed by atoms with Gasteiger partial charge in [0.05, 0.1) is 5.69 Å². The van der Waals surface area contributed by atoms with Crippen molar-refractivity contribution >= 4 is 12.2 Å². The number of rotatable bonds is 3. The highest BCUT2D eigenvalue weighted by Crippen LogP contribution is 2.21. The molecule has 0 aliphatic rings. The molecular formula is C15H14N4S. The van der Waals surface area contributed by atoms with Crippen molar-refractivity contribution < 1.29 is 0 Å². The van der Waals surface area contributed by atoms with Crippen molar-refractivity contribution in [1.82, 2.24) is 19.7 Å². The smallest absolute Gasteiger partial charge is 0.200 e. The number of aromatic nitrogens is 4. The van der Waals surface area contributed by atoms with E-state index in [1.54, 1.807) is 12.4 Å². The van der Waals surface area contributed by atoms with Gasteiger partial charge in [-0.05, 0) is 48.5 Å². The summed E-state index contributed by atoms with van der Waals surface area (Å²) in [7, 11) is 0. The van der Waals surface area contributed by atoms with Crippen molar-refractivity contribution in [2.45, 2.75) is 13.3 Å². The van der Waals surface area contributed by atoms with Gasteiger partial charge in [-0.1, -0.05) is 19.1 Å². The van der Waals surface area contributed by atoms with Crippen LogP contribution in [-0.4, -0.2) is 19.7 Å². The summed E-state index contributed by atoms with van der Waals surface area (Å²) in [5, 5.41) is 7.20. The van der Waals surface area contributed by atoms with E-state index in [1.807, 2.05) is 28.8 Å². The van der Waals surface area contributed by atoms with Crippen molar-refractivity contribution in [2.75, 3.05) is 0 Å². The highest BCUT2D eigenvalue weighted by Gasteiger charge is 2.10. The molecule has 3 rings (SSSR count). The van der Waals surface area contributed by atoms with Crippen LogP contribution >= 0.6 is 12.2 Å². The number of benzene rings is 1. The quantitative estimate of drug-likeness (QED) is 0.747. The number of aromatic amines is 1. The van der Waals surface area contributed by atoms with Gasteiger partial charge in [0.2, 0.25) is 0 Å². The largest absolute Gasteiger partial charge is 0.268 e. The van der Waals surface area contributed by atoms with Crippen molar-refractivity contribution in [1.29, 1.82) is 0 Å². The summed E-state index contributed by atoms with van der Waals surface area (Å²) >= 11 is 5.36. The van der Waals surface area contributed by atoms with Crippen LogP contribution in [0.5, 0.6) is 0 Å². The van der Waals surface area contributed by atoms with Gasteiger partial charge in [-0.25, -0.2) is 0 Å². The van der Waals surface area contributed by atoms with Crippen LogP contribution < -0.4 is 0 Å². The molecule has 0 unspecified atom stereocenters. The number of nitrogens with zero attached hydrogens (tertiary/aromatic N) is 3. The Morgan fingerprint density at radius 1 is 1.20 bits per heavy atom. The average Bonchev–Trinajstić information content (AvgIpc) is 2.90. The maximum absolute atomic E-state index is 5.36. The fourth-order valence-corrected chi connectivity index (χ4v) is 2.38. The molecule has 0 aliphatic heterocycles. The lowest BCUT2D eigenvalue weighted by Crippen LogP contribution is -1.98. The Hall–Kier alpha value is -2.27. The van der Waals surface area contributed by atoms with Crippen molar-refractivity contribution in [3.05, 3.63) is 59.1 Å². The molecule has 0 atom stereocenters. The lowest BCUT2D eigenvalue weighted by Gasteiger charge is -2.08. The molecule has 0 amide bonds. The van der Waals surface area contributed by atoms with Gasteiger partial charge in [0, 0.05) is 18.0 Å². The summed E-state index contributed by atoms with van der Waals surface area (Å²) in [6.45, 7) is 2.14. The van der Waals surface area contributed by atoms with Crippen LogP contribution in [0.25, 0.3) is 17.1 Å². The Balaban J connectivity index is 2.19. The lowest BCUT2D eigenvalue weighted by atomic mass is 10.1. The normalized spacial score (nSPS) is 10.7. The molecule has 4 nitrogen and oxygen atoms in total. The maximum atomic E-state index is 5.36. The van der Waals surface area contributed by atoms with E-state index in [9.17, 15) is 0 Å². The van der Waals surface area contributed by atoms with E-state index in [0.717, 1.165) is 23.5 Å². The lowest BCUT2D eigenvalue weighted by molar-refractivity contribution is 1.02. The summed E-state index contributed by atoms with van der Waals surface area (Å²) in [5.74, 6) is 0.797. The van der Waals surface area contributed by atoms with Crippen LogP contribution in [0.15, 0.2) is 48.8 Å². The average molecular weight is 282 g/mol. The third kappa shape index (κ3) is 2.28. The Kier molecular flexibility index (Phi) is 3.43. The third-order valence-corrected chi connectivity index (χ3v) is 3.46. The minimum absolute atomic E-state index is 0.588. The Labute approximate surface area is 122 Å². The van der Waals surface area contributed by atoms with Crippen molar-refractivity contribution in [3.63, 3.8) is 0 Å². The number of pyridine rings is 1. The van der Waals surface area contributed by atoms with Gasteiger partial charge in [-0.3, -0.25) is 14.6 Å². The van der Waals surface area contributed by atoms with Crippen LogP contribution in [0.1, 0.15) is 12.5 Å². The van der Waals surface area contributed by atoms with E-state index in [1.165, 1.54) is 5.56 Å². The molecule has 0 radical (unpaired) electrons. The van der Waals surface area contributed by atoms with Crippen LogP contribution in [0.3, 0.4) is 0 Å². The second-order valence-corrected chi connectivity index (χ2v) is 4.83. The predicted octanol–water partition coefficient (Wildman–Crippen LogP) is 3.55. The molecule has 3 aromatic rings. The second-order valence-electron chi connectivity index (χ2n) is 4.45. The zero-order chi connectivity index (χ0) is 13.9. The summed E-state index contributed by atoms with van der Waals surface area (Å²) in [6.07, 6.45) is 4.49. The monoisotopic (exact) mass is 282 g/mol. The molecule has 2 aromatic heterocycles. The standard InChI is InChI=1S/C15H14N4S/c1-2-11-4-3-5-13(10-11)19-14(17-18-15(19)20)12-6-8-16-9-7-12/h3-10H,2H2,1H3,(H,18,20). The zero-order valence-corrected chi connectivity index (χ0v) is 11.9. The third-order valence-electron chi connectivity index (χ3n) is 3.19. The number of nitrogens with one attached hydrogen (secondary N) is 1.